The topological polar surface area (TPSA) is 78.5 Å². The number of amides is 1. The van der Waals surface area contributed by atoms with Crippen LogP contribution in [0.2, 0.25) is 0 Å². The van der Waals surface area contributed by atoms with Gasteiger partial charge in [0.05, 0.1) is 0 Å². The molecule has 0 aromatic rings. The van der Waals surface area contributed by atoms with Gasteiger partial charge >= 0.3 is 0 Å². The molecule has 2 aliphatic heterocycles. The van der Waals surface area contributed by atoms with Gasteiger partial charge in [-0.1, -0.05) is 0 Å². The fraction of sp³-hybridized carbons (Fsp3) is 0.444. The molecule has 0 saturated heterocycles. The number of rotatable bonds is 3. The Morgan fingerprint density at radius 2 is 2.38 bits per heavy atom. The van der Waals surface area contributed by atoms with Gasteiger partial charge in [-0.25, -0.2) is 15.0 Å². The first-order chi connectivity index (χ1) is 7.77. The molecule has 0 fully saturated rings. The van der Waals surface area contributed by atoms with Crippen LogP contribution in [0.5, 0.6) is 0 Å². The van der Waals surface area contributed by atoms with Gasteiger partial charge < -0.3 is 5.32 Å². The molecule has 0 radical (unpaired) electrons. The van der Waals surface area contributed by atoms with Gasteiger partial charge in [-0.15, -0.1) is 11.8 Å². The number of aliphatic imine (C=N–C) groups is 4. The van der Waals surface area contributed by atoms with Crippen molar-refractivity contribution in [3.63, 3.8) is 0 Å². The number of nitrogens with one attached hydrogen (secondary N) is 1. The molecule has 7 heteroatoms. The quantitative estimate of drug-likeness (QED) is 0.707. The van der Waals surface area contributed by atoms with Gasteiger partial charge in [-0.2, -0.15) is 0 Å². The van der Waals surface area contributed by atoms with Crippen molar-refractivity contribution in [2.45, 2.75) is 13.0 Å². The molecule has 1 N–H and O–H groups in total. The van der Waals surface area contributed by atoms with E-state index in [9.17, 15) is 4.79 Å². The van der Waals surface area contributed by atoms with Crippen molar-refractivity contribution in [2.24, 2.45) is 20.0 Å². The van der Waals surface area contributed by atoms with Gasteiger partial charge in [-0.3, -0.25) is 9.79 Å². The van der Waals surface area contributed by atoms with E-state index < -0.39 is 0 Å². The molecule has 6 nitrogen and oxygen atoms in total. The number of carbonyl (C=O) groups excluding carboxylic acids is 1. The van der Waals surface area contributed by atoms with E-state index in [1.807, 2.05) is 0 Å². The molecule has 2 aliphatic rings. The van der Waals surface area contributed by atoms with Crippen molar-refractivity contribution in [1.82, 2.24) is 5.32 Å². The molecular formula is C9H11N5OS. The van der Waals surface area contributed by atoms with Crippen LogP contribution in [0.15, 0.2) is 20.0 Å². The molecular weight excluding hydrogens is 226 g/mol. The maximum Gasteiger partial charge on any atom is 0.216 e. The Morgan fingerprint density at radius 1 is 1.50 bits per heavy atom. The van der Waals surface area contributed by atoms with Crippen molar-refractivity contribution >= 4 is 41.2 Å². The SMILES string of the molecule is CC(=O)NCCSC1=NC=NC2=NC=NC21. The van der Waals surface area contributed by atoms with Crippen LogP contribution in [-0.2, 0) is 4.79 Å². The van der Waals surface area contributed by atoms with E-state index in [1.54, 1.807) is 11.8 Å². The molecule has 16 heavy (non-hydrogen) atoms. The third-order valence-electron chi connectivity index (χ3n) is 1.99. The molecule has 1 unspecified atom stereocenters. The zero-order valence-corrected chi connectivity index (χ0v) is 9.57. The Hall–Kier alpha value is -1.50. The van der Waals surface area contributed by atoms with Crippen molar-refractivity contribution in [3.05, 3.63) is 0 Å². The molecule has 1 atom stereocenters. The molecule has 1 amide bonds. The van der Waals surface area contributed by atoms with E-state index in [-0.39, 0.29) is 11.9 Å². The Bertz CT molecular complexity index is 412. The number of hydrogen-bond donors (Lipinski definition) is 1. The van der Waals surface area contributed by atoms with Crippen LogP contribution in [0.25, 0.3) is 0 Å². The lowest BCUT2D eigenvalue weighted by Crippen LogP contribution is -2.28. The lowest BCUT2D eigenvalue weighted by atomic mass is 10.3. The second-order valence-corrected chi connectivity index (χ2v) is 4.31. The zero-order valence-electron chi connectivity index (χ0n) is 8.75. The maximum absolute atomic E-state index is 10.7. The van der Waals surface area contributed by atoms with E-state index in [1.165, 1.54) is 19.6 Å². The number of thioether (sulfide) groups is 1. The predicted molar refractivity (Wildman–Crippen MR) is 66.8 cm³/mol. The van der Waals surface area contributed by atoms with Gasteiger partial charge in [0, 0.05) is 19.2 Å². The Labute approximate surface area is 97.1 Å². The summed E-state index contributed by atoms with van der Waals surface area (Å²) >= 11 is 1.57. The fourth-order valence-electron chi connectivity index (χ4n) is 1.29. The minimum Gasteiger partial charge on any atom is -0.356 e. The number of amidine groups is 1. The van der Waals surface area contributed by atoms with Crippen molar-refractivity contribution in [1.29, 1.82) is 0 Å². The summed E-state index contributed by atoms with van der Waals surface area (Å²) in [5.41, 5.74) is 0. The average molecular weight is 237 g/mol. The second kappa shape index (κ2) is 5.02. The highest BCUT2D eigenvalue weighted by Crippen LogP contribution is 2.17. The maximum atomic E-state index is 10.7. The van der Waals surface area contributed by atoms with Gasteiger partial charge in [0.25, 0.3) is 0 Å². The zero-order chi connectivity index (χ0) is 11.4. The standard InChI is InChI=1S/C9H11N5OS/c1-6(15)10-2-3-16-9-7-8(12-4-11-7)13-5-14-9/h4-5,7H,2-3H2,1H3,(H,10,15). The molecule has 0 aromatic carbocycles. The first-order valence-corrected chi connectivity index (χ1v) is 5.83. The number of nitrogens with zero attached hydrogens (tertiary/aromatic N) is 4. The Morgan fingerprint density at radius 3 is 3.19 bits per heavy atom. The number of hydrogen-bond acceptors (Lipinski definition) is 6. The molecule has 0 spiro atoms. The highest BCUT2D eigenvalue weighted by molar-refractivity contribution is 8.14. The second-order valence-electron chi connectivity index (χ2n) is 3.20. The van der Waals surface area contributed by atoms with E-state index in [0.717, 1.165) is 10.8 Å². The largest absolute Gasteiger partial charge is 0.356 e. The summed E-state index contributed by atoms with van der Waals surface area (Å²) < 4.78 is 0. The summed E-state index contributed by atoms with van der Waals surface area (Å²) in [6.45, 7) is 2.13. The van der Waals surface area contributed by atoms with Crippen LogP contribution >= 0.6 is 11.8 Å². The molecule has 2 heterocycles. The third kappa shape index (κ3) is 2.54. The summed E-state index contributed by atoms with van der Waals surface area (Å²) in [6.07, 6.45) is 3.00. The monoisotopic (exact) mass is 237 g/mol. The van der Waals surface area contributed by atoms with Crippen LogP contribution < -0.4 is 5.32 Å². The van der Waals surface area contributed by atoms with Gasteiger partial charge in [0.2, 0.25) is 5.91 Å². The molecule has 0 bridgehead atoms. The van der Waals surface area contributed by atoms with Crippen LogP contribution in [0, 0.1) is 0 Å². The molecule has 0 aliphatic carbocycles. The Balaban J connectivity index is 1.83. The number of fused-ring (bicyclic) bond motifs is 1. The van der Waals surface area contributed by atoms with Crippen molar-refractivity contribution in [3.8, 4) is 0 Å². The van der Waals surface area contributed by atoms with E-state index in [2.05, 4.69) is 25.3 Å². The number of carbonyl (C=O) groups is 1. The first kappa shape index (κ1) is 11.0. The lowest BCUT2D eigenvalue weighted by molar-refractivity contribution is -0.118. The molecule has 84 valence electrons. The summed E-state index contributed by atoms with van der Waals surface area (Å²) in [7, 11) is 0. The van der Waals surface area contributed by atoms with Crippen LogP contribution in [0.3, 0.4) is 0 Å². The predicted octanol–water partition coefficient (Wildman–Crippen LogP) is 0.105. The minimum absolute atomic E-state index is 0.0196. The first-order valence-electron chi connectivity index (χ1n) is 4.84. The highest BCUT2D eigenvalue weighted by atomic mass is 32.2. The normalized spacial score (nSPS) is 21.4. The van der Waals surface area contributed by atoms with Crippen molar-refractivity contribution < 1.29 is 4.79 Å². The van der Waals surface area contributed by atoms with E-state index >= 15 is 0 Å². The van der Waals surface area contributed by atoms with Gasteiger partial charge in [-0.05, 0) is 0 Å². The highest BCUT2D eigenvalue weighted by Gasteiger charge is 2.25. The van der Waals surface area contributed by atoms with E-state index in [4.69, 9.17) is 0 Å². The third-order valence-corrected chi connectivity index (χ3v) is 3.02. The smallest absolute Gasteiger partial charge is 0.216 e. The summed E-state index contributed by atoms with van der Waals surface area (Å²) in [4.78, 5) is 27.1. The van der Waals surface area contributed by atoms with Gasteiger partial charge in [0.15, 0.2) is 11.9 Å². The minimum atomic E-state index is -0.132. The summed E-state index contributed by atoms with van der Waals surface area (Å²) in [5.74, 6) is 1.44. The van der Waals surface area contributed by atoms with Gasteiger partial charge in [0.1, 0.15) is 17.7 Å². The average Bonchev–Trinajstić information content (AvgIpc) is 2.72. The van der Waals surface area contributed by atoms with Crippen molar-refractivity contribution in [2.75, 3.05) is 12.3 Å². The van der Waals surface area contributed by atoms with Crippen LogP contribution in [-0.4, -0.2) is 47.8 Å². The molecule has 2 rings (SSSR count). The van der Waals surface area contributed by atoms with Crippen LogP contribution in [0.1, 0.15) is 6.92 Å². The summed E-state index contributed by atoms with van der Waals surface area (Å²) in [5, 5.41) is 3.61. The molecule has 0 aromatic heterocycles. The Kier molecular flexibility index (Phi) is 3.45. The lowest BCUT2D eigenvalue weighted by Gasteiger charge is -2.13. The summed E-state index contributed by atoms with van der Waals surface area (Å²) in [6, 6.07) is -0.132. The molecule has 0 saturated carbocycles. The van der Waals surface area contributed by atoms with E-state index in [0.29, 0.717) is 12.4 Å². The fourth-order valence-corrected chi connectivity index (χ4v) is 2.15. The van der Waals surface area contributed by atoms with Crippen LogP contribution in [0.4, 0.5) is 0 Å².